The van der Waals surface area contributed by atoms with Crippen molar-refractivity contribution in [2.75, 3.05) is 6.54 Å². The van der Waals surface area contributed by atoms with Crippen molar-refractivity contribution < 1.29 is 21.6 Å². The van der Waals surface area contributed by atoms with Crippen LogP contribution in [-0.2, 0) is 23.6 Å². The zero-order valence-corrected chi connectivity index (χ0v) is 14.6. The standard InChI is InChI=1S/C14H16F3N3O2S2/c1-3-20(10-11-8-18-19(2)9-11)24(21,22)13-6-4-12(5-7-13)23-14(15,16)17/h4-9H,3,10H2,1-2H3. The smallest absolute Gasteiger partial charge is 0.275 e. The van der Waals surface area contributed by atoms with Crippen LogP contribution in [0, 0.1) is 0 Å². The highest BCUT2D eigenvalue weighted by molar-refractivity contribution is 8.00. The molecule has 0 saturated heterocycles. The van der Waals surface area contributed by atoms with E-state index in [-0.39, 0.29) is 34.6 Å². The van der Waals surface area contributed by atoms with Gasteiger partial charge in [0.25, 0.3) is 0 Å². The highest BCUT2D eigenvalue weighted by Crippen LogP contribution is 2.37. The Hall–Kier alpha value is -1.52. The molecule has 0 fully saturated rings. The van der Waals surface area contributed by atoms with Crippen LogP contribution in [0.15, 0.2) is 46.5 Å². The highest BCUT2D eigenvalue weighted by Gasteiger charge is 2.30. The summed E-state index contributed by atoms with van der Waals surface area (Å²) in [6.45, 7) is 2.07. The predicted molar refractivity (Wildman–Crippen MR) is 84.8 cm³/mol. The number of nitrogens with zero attached hydrogens (tertiary/aromatic N) is 3. The zero-order chi connectivity index (χ0) is 18.0. The van der Waals surface area contributed by atoms with E-state index >= 15 is 0 Å². The molecular weight excluding hydrogens is 363 g/mol. The van der Waals surface area contributed by atoms with Crippen LogP contribution in [0.2, 0.25) is 0 Å². The van der Waals surface area contributed by atoms with Gasteiger partial charge in [-0.2, -0.15) is 22.6 Å². The van der Waals surface area contributed by atoms with Crippen molar-refractivity contribution in [3.8, 4) is 0 Å². The lowest BCUT2D eigenvalue weighted by atomic mass is 10.3. The topological polar surface area (TPSA) is 55.2 Å². The van der Waals surface area contributed by atoms with E-state index in [0.29, 0.717) is 0 Å². The number of hydrogen-bond donors (Lipinski definition) is 0. The summed E-state index contributed by atoms with van der Waals surface area (Å²) in [5.74, 6) is 0. The van der Waals surface area contributed by atoms with Crippen LogP contribution in [0.5, 0.6) is 0 Å². The van der Waals surface area contributed by atoms with Gasteiger partial charge in [0.2, 0.25) is 10.0 Å². The number of alkyl halides is 3. The lowest BCUT2D eigenvalue weighted by Gasteiger charge is -2.20. The molecule has 1 aromatic carbocycles. The van der Waals surface area contributed by atoms with E-state index in [1.807, 2.05) is 0 Å². The Kier molecular flexibility index (Phi) is 5.61. The van der Waals surface area contributed by atoms with Crippen molar-refractivity contribution in [3.63, 3.8) is 0 Å². The second kappa shape index (κ2) is 7.16. The minimum atomic E-state index is -4.41. The average Bonchev–Trinajstić information content (AvgIpc) is 2.89. The van der Waals surface area contributed by atoms with Crippen LogP contribution < -0.4 is 0 Å². The summed E-state index contributed by atoms with van der Waals surface area (Å²) >= 11 is -0.280. The van der Waals surface area contributed by atoms with E-state index in [0.717, 1.165) is 17.7 Å². The minimum absolute atomic E-state index is 0.0419. The van der Waals surface area contributed by atoms with E-state index in [9.17, 15) is 21.6 Å². The monoisotopic (exact) mass is 379 g/mol. The molecule has 0 bridgehead atoms. The molecule has 2 rings (SSSR count). The average molecular weight is 379 g/mol. The number of thioether (sulfide) groups is 1. The predicted octanol–water partition coefficient (Wildman–Crippen LogP) is 3.24. The van der Waals surface area contributed by atoms with Gasteiger partial charge in [-0.25, -0.2) is 8.42 Å². The number of halogens is 3. The van der Waals surface area contributed by atoms with Crippen molar-refractivity contribution in [2.45, 2.75) is 28.8 Å². The number of aryl methyl sites for hydroxylation is 1. The number of hydrogen-bond acceptors (Lipinski definition) is 4. The Morgan fingerprint density at radius 1 is 1.25 bits per heavy atom. The first-order chi connectivity index (χ1) is 11.1. The fourth-order valence-corrected chi connectivity index (χ4v) is 4.06. The van der Waals surface area contributed by atoms with Gasteiger partial charge in [0.15, 0.2) is 0 Å². The summed E-state index contributed by atoms with van der Waals surface area (Å²) < 4.78 is 65.1. The van der Waals surface area contributed by atoms with Crippen molar-refractivity contribution >= 4 is 21.8 Å². The van der Waals surface area contributed by atoms with E-state index in [2.05, 4.69) is 5.10 Å². The molecule has 0 spiro atoms. The minimum Gasteiger partial charge on any atom is -0.275 e. The second-order valence-corrected chi connectivity index (χ2v) is 8.05. The van der Waals surface area contributed by atoms with Crippen molar-refractivity contribution in [3.05, 3.63) is 42.2 Å². The molecule has 0 aliphatic rings. The molecule has 0 aliphatic carbocycles. The molecule has 0 amide bonds. The molecular formula is C14H16F3N3O2S2. The Morgan fingerprint density at radius 2 is 1.88 bits per heavy atom. The van der Waals surface area contributed by atoms with Crippen LogP contribution in [-0.4, -0.2) is 34.6 Å². The molecule has 1 heterocycles. The third kappa shape index (κ3) is 4.74. The second-order valence-electron chi connectivity index (χ2n) is 4.97. The summed E-state index contributed by atoms with van der Waals surface area (Å²) in [6.07, 6.45) is 3.28. The maximum Gasteiger partial charge on any atom is 0.446 e. The van der Waals surface area contributed by atoms with Gasteiger partial charge in [-0.1, -0.05) is 6.92 Å². The van der Waals surface area contributed by atoms with Crippen LogP contribution >= 0.6 is 11.8 Å². The van der Waals surface area contributed by atoms with Gasteiger partial charge in [0, 0.05) is 36.8 Å². The lowest BCUT2D eigenvalue weighted by molar-refractivity contribution is -0.0328. The van der Waals surface area contributed by atoms with Gasteiger partial charge in [-0.05, 0) is 36.0 Å². The zero-order valence-electron chi connectivity index (χ0n) is 13.0. The number of rotatable bonds is 6. The van der Waals surface area contributed by atoms with Crippen LogP contribution in [0.25, 0.3) is 0 Å². The first-order valence-corrected chi connectivity index (χ1v) is 9.21. The lowest BCUT2D eigenvalue weighted by Crippen LogP contribution is -2.30. The molecule has 2 aromatic rings. The Balaban J connectivity index is 2.21. The normalized spacial score (nSPS) is 12.8. The summed E-state index contributed by atoms with van der Waals surface area (Å²) in [4.78, 5) is -0.100. The third-order valence-corrected chi connectivity index (χ3v) is 5.84. The van der Waals surface area contributed by atoms with Crippen LogP contribution in [0.3, 0.4) is 0 Å². The molecule has 5 nitrogen and oxygen atoms in total. The first-order valence-electron chi connectivity index (χ1n) is 6.95. The van der Waals surface area contributed by atoms with Crippen molar-refractivity contribution in [1.82, 2.24) is 14.1 Å². The SMILES string of the molecule is CCN(Cc1cnn(C)c1)S(=O)(=O)c1ccc(SC(F)(F)F)cc1. The first kappa shape index (κ1) is 18.8. The molecule has 0 aliphatic heterocycles. The fourth-order valence-electron chi connectivity index (χ4n) is 2.09. The maximum atomic E-state index is 12.6. The van der Waals surface area contributed by atoms with Crippen LogP contribution in [0.4, 0.5) is 13.2 Å². The van der Waals surface area contributed by atoms with E-state index < -0.39 is 15.5 Å². The largest absolute Gasteiger partial charge is 0.446 e. The summed E-state index contributed by atoms with van der Waals surface area (Å²) in [6, 6.07) is 4.69. The molecule has 1 aromatic heterocycles. The Bertz CT molecular complexity index is 786. The van der Waals surface area contributed by atoms with E-state index in [1.54, 1.807) is 31.0 Å². The number of aromatic nitrogens is 2. The van der Waals surface area contributed by atoms with Gasteiger partial charge in [-0.3, -0.25) is 4.68 Å². The van der Waals surface area contributed by atoms with Gasteiger partial charge in [-0.15, -0.1) is 0 Å². The molecule has 0 atom stereocenters. The molecule has 0 unspecified atom stereocenters. The van der Waals surface area contributed by atoms with Crippen molar-refractivity contribution in [2.24, 2.45) is 7.05 Å². The van der Waals surface area contributed by atoms with Gasteiger partial charge < -0.3 is 0 Å². The van der Waals surface area contributed by atoms with Gasteiger partial charge in [0.05, 0.1) is 11.1 Å². The summed E-state index contributed by atoms with van der Waals surface area (Å²) in [7, 11) is -2.07. The summed E-state index contributed by atoms with van der Waals surface area (Å²) in [5.41, 5.74) is -3.68. The summed E-state index contributed by atoms with van der Waals surface area (Å²) in [5, 5.41) is 3.99. The molecule has 24 heavy (non-hydrogen) atoms. The molecule has 0 N–H and O–H groups in total. The Morgan fingerprint density at radius 3 is 2.33 bits per heavy atom. The van der Waals surface area contributed by atoms with Crippen LogP contribution in [0.1, 0.15) is 12.5 Å². The Labute approximate surface area is 142 Å². The van der Waals surface area contributed by atoms with Crippen molar-refractivity contribution in [1.29, 1.82) is 0 Å². The number of sulfonamides is 1. The van der Waals surface area contributed by atoms with E-state index in [1.165, 1.54) is 16.4 Å². The highest BCUT2D eigenvalue weighted by atomic mass is 32.2. The quantitative estimate of drug-likeness (QED) is 0.723. The number of benzene rings is 1. The molecule has 0 radical (unpaired) electrons. The molecule has 132 valence electrons. The van der Waals surface area contributed by atoms with Gasteiger partial charge in [0.1, 0.15) is 0 Å². The maximum absolute atomic E-state index is 12.6. The molecule has 0 saturated carbocycles. The third-order valence-electron chi connectivity index (χ3n) is 3.17. The molecule has 10 heteroatoms. The fraction of sp³-hybridized carbons (Fsp3) is 0.357. The van der Waals surface area contributed by atoms with E-state index in [4.69, 9.17) is 0 Å². The van der Waals surface area contributed by atoms with Gasteiger partial charge >= 0.3 is 5.51 Å².